The molecule has 1 aliphatic rings. The third-order valence-electron chi connectivity index (χ3n) is 4.99. The summed E-state index contributed by atoms with van der Waals surface area (Å²) in [5, 5.41) is 11.9. The van der Waals surface area contributed by atoms with E-state index in [0.29, 0.717) is 33.7 Å². The summed E-state index contributed by atoms with van der Waals surface area (Å²) < 4.78 is 34.1. The number of fused-ring (bicyclic) bond motifs is 1. The number of ether oxygens (including phenoxy) is 1. The Bertz CT molecular complexity index is 1190. The van der Waals surface area contributed by atoms with Crippen LogP contribution < -0.4 is 15.0 Å². The molecule has 4 rings (SSSR count). The Labute approximate surface area is 191 Å². The Balaban J connectivity index is 1.62. The molecular weight excluding hydrogens is 515 g/mol. The molecule has 3 aromatic carbocycles. The summed E-state index contributed by atoms with van der Waals surface area (Å²) in [6.45, 7) is 0.0510. The van der Waals surface area contributed by atoms with Crippen molar-refractivity contribution in [2.45, 2.75) is 17.6 Å². The molecule has 8 heteroatoms. The maximum atomic E-state index is 13.9. The topological polar surface area (TPSA) is 65.4 Å². The number of alkyl halides is 1. The fourth-order valence-electron chi connectivity index (χ4n) is 3.34. The maximum Gasteiger partial charge on any atom is 0.326 e. The normalized spacial score (nSPS) is 12.7. The van der Waals surface area contributed by atoms with E-state index in [0.717, 1.165) is 11.1 Å². The summed E-state index contributed by atoms with van der Waals surface area (Å²) >= 11 is 2.21. The number of halogens is 3. The highest BCUT2D eigenvalue weighted by Crippen LogP contribution is 2.34. The average molecular weight is 531 g/mol. The fraction of sp³-hybridized carbons (Fsp3) is 0.130. The summed E-state index contributed by atoms with van der Waals surface area (Å²) in [7, 11) is 0. The quantitative estimate of drug-likeness (QED) is 0.329. The lowest BCUT2D eigenvalue weighted by atomic mass is 10.1. The van der Waals surface area contributed by atoms with Crippen LogP contribution in [0.2, 0.25) is 0 Å². The molecule has 1 aliphatic heterocycles. The van der Waals surface area contributed by atoms with Crippen LogP contribution in [0.15, 0.2) is 54.6 Å². The van der Waals surface area contributed by atoms with Gasteiger partial charge >= 0.3 is 6.03 Å². The molecule has 31 heavy (non-hydrogen) atoms. The summed E-state index contributed by atoms with van der Waals surface area (Å²) in [4.78, 5) is 14.4. The van der Waals surface area contributed by atoms with Gasteiger partial charge < -0.3 is 10.1 Å². The minimum atomic E-state index is -0.673. The second-order valence-electron chi connectivity index (χ2n) is 6.91. The number of carbonyl (C=O) groups excluding carboxylic acids is 1. The number of hydrogen-bond donors (Lipinski definition) is 1. The van der Waals surface area contributed by atoms with Crippen LogP contribution in [0.3, 0.4) is 0 Å². The van der Waals surface area contributed by atoms with Gasteiger partial charge in [-0.25, -0.2) is 13.6 Å². The molecular formula is C23H16F2IN3O2. The summed E-state index contributed by atoms with van der Waals surface area (Å²) in [6, 6.07) is 15.8. The summed E-state index contributed by atoms with van der Waals surface area (Å²) in [5.74, 6) is -0.953. The molecule has 1 N–H and O–H groups in total. The highest BCUT2D eigenvalue weighted by Gasteiger charge is 2.26. The maximum absolute atomic E-state index is 13.9. The minimum Gasteiger partial charge on any atom is -0.489 e. The van der Waals surface area contributed by atoms with Gasteiger partial charge in [-0.15, -0.1) is 0 Å². The number of rotatable bonds is 5. The van der Waals surface area contributed by atoms with Gasteiger partial charge in [0.05, 0.1) is 29.4 Å². The van der Waals surface area contributed by atoms with Gasteiger partial charge in [0.25, 0.3) is 0 Å². The first-order chi connectivity index (χ1) is 15.0. The van der Waals surface area contributed by atoms with E-state index in [1.807, 2.05) is 12.1 Å². The Hall–Kier alpha value is -3.19. The van der Waals surface area contributed by atoms with E-state index >= 15 is 0 Å². The van der Waals surface area contributed by atoms with E-state index in [1.165, 1.54) is 18.2 Å². The van der Waals surface area contributed by atoms with Crippen molar-refractivity contribution in [1.29, 1.82) is 5.26 Å². The zero-order chi connectivity index (χ0) is 22.0. The van der Waals surface area contributed by atoms with Gasteiger partial charge in [0.2, 0.25) is 0 Å². The molecule has 5 nitrogen and oxygen atoms in total. The average Bonchev–Trinajstić information content (AvgIpc) is 2.77. The molecule has 0 radical (unpaired) electrons. The second-order valence-corrected chi connectivity index (χ2v) is 7.68. The third kappa shape index (κ3) is 4.32. The van der Waals surface area contributed by atoms with E-state index in [1.54, 1.807) is 29.2 Å². The number of carbonyl (C=O) groups is 1. The largest absolute Gasteiger partial charge is 0.489 e. The molecule has 156 valence electrons. The number of nitrogens with zero attached hydrogens (tertiary/aromatic N) is 2. The van der Waals surface area contributed by atoms with E-state index in [-0.39, 0.29) is 18.2 Å². The molecule has 0 fully saturated rings. The molecule has 0 atom stereocenters. The molecule has 2 amide bonds. The molecule has 0 unspecified atom stereocenters. The summed E-state index contributed by atoms with van der Waals surface area (Å²) in [6.07, 6.45) is 0. The van der Waals surface area contributed by atoms with Crippen LogP contribution in [0.4, 0.5) is 25.0 Å². The SMILES string of the molecule is N#Cc1ccc2c(c1)NC(=O)N(c1cc(OCc3c(F)cccc3F)ccc1CI)C2. The Morgan fingerprint density at radius 3 is 2.61 bits per heavy atom. The first-order valence-electron chi connectivity index (χ1n) is 9.36. The van der Waals surface area contributed by atoms with E-state index < -0.39 is 11.6 Å². The number of hydrogen-bond acceptors (Lipinski definition) is 3. The molecule has 0 spiro atoms. The molecule has 1 heterocycles. The van der Waals surface area contributed by atoms with Crippen LogP contribution in [-0.4, -0.2) is 6.03 Å². The third-order valence-corrected chi connectivity index (χ3v) is 5.81. The highest BCUT2D eigenvalue weighted by molar-refractivity contribution is 14.1. The van der Waals surface area contributed by atoms with Crippen LogP contribution >= 0.6 is 22.6 Å². The van der Waals surface area contributed by atoms with Crippen molar-refractivity contribution in [3.05, 3.63) is 88.5 Å². The van der Waals surface area contributed by atoms with Gasteiger partial charge in [-0.1, -0.05) is 40.8 Å². The van der Waals surface area contributed by atoms with Crippen molar-refractivity contribution in [1.82, 2.24) is 0 Å². The van der Waals surface area contributed by atoms with Gasteiger partial charge in [-0.05, 0) is 41.5 Å². The van der Waals surface area contributed by atoms with Gasteiger partial charge in [-0.2, -0.15) is 5.26 Å². The Morgan fingerprint density at radius 1 is 1.13 bits per heavy atom. The predicted molar refractivity (Wildman–Crippen MR) is 121 cm³/mol. The second kappa shape index (κ2) is 8.89. The lowest BCUT2D eigenvalue weighted by Crippen LogP contribution is -2.39. The first-order valence-corrected chi connectivity index (χ1v) is 10.9. The fourth-order valence-corrected chi connectivity index (χ4v) is 3.99. The monoisotopic (exact) mass is 531 g/mol. The van der Waals surface area contributed by atoms with Crippen LogP contribution in [0.25, 0.3) is 0 Å². The number of urea groups is 1. The lowest BCUT2D eigenvalue weighted by molar-refractivity contribution is 0.256. The van der Waals surface area contributed by atoms with Crippen LogP contribution in [0.1, 0.15) is 22.3 Å². The number of nitrogens with one attached hydrogen (secondary N) is 1. The molecule has 3 aromatic rings. The Morgan fingerprint density at radius 2 is 1.90 bits per heavy atom. The smallest absolute Gasteiger partial charge is 0.326 e. The standard InChI is InChI=1S/C23H16F2IN3O2/c24-19-2-1-3-20(25)18(19)13-31-17-7-6-15(10-26)22(9-17)29-12-16-5-4-14(11-27)8-21(16)28-23(29)30/h1-9H,10,12-13H2,(H,28,30). The van der Waals surface area contributed by atoms with Crippen molar-refractivity contribution in [3.8, 4) is 11.8 Å². The molecule has 0 aromatic heterocycles. The van der Waals surface area contributed by atoms with Crippen molar-refractivity contribution in [2.24, 2.45) is 0 Å². The number of amides is 2. The zero-order valence-corrected chi connectivity index (χ0v) is 18.3. The van der Waals surface area contributed by atoms with Gasteiger partial charge in [-0.3, -0.25) is 4.90 Å². The van der Waals surface area contributed by atoms with Gasteiger partial charge in [0.1, 0.15) is 24.0 Å². The van der Waals surface area contributed by atoms with Crippen molar-refractivity contribution in [2.75, 3.05) is 10.2 Å². The van der Waals surface area contributed by atoms with E-state index in [4.69, 9.17) is 10.00 Å². The summed E-state index contributed by atoms with van der Waals surface area (Å²) in [5.41, 5.74) is 3.36. The molecule has 0 saturated heterocycles. The molecule has 0 aliphatic carbocycles. The molecule has 0 bridgehead atoms. The predicted octanol–water partition coefficient (Wildman–Crippen LogP) is 5.90. The number of nitriles is 1. The highest BCUT2D eigenvalue weighted by atomic mass is 127. The van der Waals surface area contributed by atoms with Crippen LogP contribution in [0, 0.1) is 23.0 Å². The van der Waals surface area contributed by atoms with Crippen molar-refractivity contribution in [3.63, 3.8) is 0 Å². The van der Waals surface area contributed by atoms with Gasteiger partial charge in [0.15, 0.2) is 0 Å². The van der Waals surface area contributed by atoms with Crippen LogP contribution in [0.5, 0.6) is 5.75 Å². The van der Waals surface area contributed by atoms with Crippen molar-refractivity contribution >= 4 is 40.0 Å². The number of benzene rings is 3. The van der Waals surface area contributed by atoms with Gasteiger partial charge in [0, 0.05) is 16.2 Å². The Kier molecular flexibility index (Phi) is 6.04. The lowest BCUT2D eigenvalue weighted by Gasteiger charge is -2.31. The van der Waals surface area contributed by atoms with E-state index in [2.05, 4.69) is 34.0 Å². The number of anilines is 2. The van der Waals surface area contributed by atoms with Crippen molar-refractivity contribution < 1.29 is 18.3 Å². The van der Waals surface area contributed by atoms with E-state index in [9.17, 15) is 13.6 Å². The zero-order valence-electron chi connectivity index (χ0n) is 16.2. The van der Waals surface area contributed by atoms with Crippen LogP contribution in [-0.2, 0) is 17.6 Å². The minimum absolute atomic E-state index is 0.153. The molecule has 0 saturated carbocycles. The first kappa shape index (κ1) is 21.1.